The molecule has 1 unspecified atom stereocenters. The van der Waals surface area contributed by atoms with Crippen molar-refractivity contribution in [1.29, 1.82) is 0 Å². The van der Waals surface area contributed by atoms with Crippen molar-refractivity contribution in [3.05, 3.63) is 0 Å². The maximum atomic E-state index is 11.8. The van der Waals surface area contributed by atoms with E-state index in [1.807, 2.05) is 6.92 Å². The summed E-state index contributed by atoms with van der Waals surface area (Å²) in [5.41, 5.74) is -1.18. The highest BCUT2D eigenvalue weighted by molar-refractivity contribution is 5.87. The van der Waals surface area contributed by atoms with Crippen LogP contribution in [-0.4, -0.2) is 43.9 Å². The second-order valence-corrected chi connectivity index (χ2v) is 4.54. The lowest BCUT2D eigenvalue weighted by Gasteiger charge is -2.27. The Balaban J connectivity index is 4.24. The molecule has 0 aliphatic carbocycles. The molecule has 20 heavy (non-hydrogen) atoms. The van der Waals surface area contributed by atoms with Gasteiger partial charge < -0.3 is 14.8 Å². The summed E-state index contributed by atoms with van der Waals surface area (Å²) in [4.78, 5) is 23.2. The van der Waals surface area contributed by atoms with Gasteiger partial charge >= 0.3 is 12.1 Å². The van der Waals surface area contributed by atoms with Crippen LogP contribution >= 0.6 is 0 Å². The van der Waals surface area contributed by atoms with Gasteiger partial charge in [-0.3, -0.25) is 4.79 Å². The van der Waals surface area contributed by atoms with Gasteiger partial charge in [-0.1, -0.05) is 13.3 Å². The Kier molecular flexibility index (Phi) is 7.55. The van der Waals surface area contributed by atoms with E-state index in [0.717, 1.165) is 0 Å². The number of alkyl halides is 3. The molecule has 5 nitrogen and oxygen atoms in total. The van der Waals surface area contributed by atoms with E-state index in [2.05, 4.69) is 14.8 Å². The Morgan fingerprint density at radius 3 is 2.30 bits per heavy atom. The minimum Gasteiger partial charge on any atom is -0.467 e. The van der Waals surface area contributed by atoms with Gasteiger partial charge in [0.2, 0.25) is 5.91 Å². The average molecular weight is 299 g/mol. The summed E-state index contributed by atoms with van der Waals surface area (Å²) in [6.07, 6.45) is -3.67. The Morgan fingerprint density at radius 1 is 1.25 bits per heavy atom. The Labute approximate surface area is 115 Å². The molecule has 0 spiro atoms. The van der Waals surface area contributed by atoms with E-state index in [0.29, 0.717) is 12.8 Å². The molecule has 1 N–H and O–H groups in total. The zero-order chi connectivity index (χ0) is 15.8. The third kappa shape index (κ3) is 7.32. The van der Waals surface area contributed by atoms with Crippen LogP contribution in [0.2, 0.25) is 0 Å². The lowest BCUT2D eigenvalue weighted by Crippen LogP contribution is -2.52. The minimum absolute atomic E-state index is 0.258. The summed E-state index contributed by atoms with van der Waals surface area (Å²) >= 11 is 0. The number of ether oxygens (including phenoxy) is 2. The van der Waals surface area contributed by atoms with Gasteiger partial charge in [-0.05, 0) is 13.3 Å². The SMILES string of the molecule is CCCC(C)(NC(=O)CCOCC(F)(F)F)C(=O)OC. The molecule has 0 aromatic rings. The van der Waals surface area contributed by atoms with Crippen LogP contribution in [0.5, 0.6) is 0 Å². The lowest BCUT2D eigenvalue weighted by atomic mass is 9.96. The number of methoxy groups -OCH3 is 1. The zero-order valence-corrected chi connectivity index (χ0v) is 11.8. The number of rotatable bonds is 8. The summed E-state index contributed by atoms with van der Waals surface area (Å²) < 4.78 is 44.4. The quantitative estimate of drug-likeness (QED) is 0.548. The molecule has 1 atom stereocenters. The van der Waals surface area contributed by atoms with E-state index in [1.54, 1.807) is 0 Å². The number of carbonyl (C=O) groups is 2. The highest BCUT2D eigenvalue weighted by Crippen LogP contribution is 2.16. The van der Waals surface area contributed by atoms with Crippen molar-refractivity contribution in [2.24, 2.45) is 0 Å². The van der Waals surface area contributed by atoms with Gasteiger partial charge in [0.25, 0.3) is 0 Å². The summed E-state index contributed by atoms with van der Waals surface area (Å²) in [5, 5.41) is 2.47. The van der Waals surface area contributed by atoms with E-state index >= 15 is 0 Å². The smallest absolute Gasteiger partial charge is 0.411 e. The second-order valence-electron chi connectivity index (χ2n) is 4.54. The number of hydrogen-bond acceptors (Lipinski definition) is 4. The van der Waals surface area contributed by atoms with Crippen LogP contribution < -0.4 is 5.32 Å². The van der Waals surface area contributed by atoms with Gasteiger partial charge in [0, 0.05) is 6.42 Å². The molecule has 0 saturated carbocycles. The van der Waals surface area contributed by atoms with Crippen LogP contribution in [0.4, 0.5) is 13.2 Å². The monoisotopic (exact) mass is 299 g/mol. The lowest BCUT2D eigenvalue weighted by molar-refractivity contribution is -0.174. The molecular formula is C12H20F3NO4. The number of nitrogens with one attached hydrogen (secondary N) is 1. The number of amides is 1. The molecule has 0 bridgehead atoms. The van der Waals surface area contributed by atoms with Crippen molar-refractivity contribution < 1.29 is 32.2 Å². The highest BCUT2D eigenvalue weighted by Gasteiger charge is 2.35. The van der Waals surface area contributed by atoms with Crippen molar-refractivity contribution in [2.75, 3.05) is 20.3 Å². The molecule has 0 heterocycles. The van der Waals surface area contributed by atoms with Gasteiger partial charge in [0.05, 0.1) is 13.7 Å². The fraction of sp³-hybridized carbons (Fsp3) is 0.833. The maximum Gasteiger partial charge on any atom is 0.411 e. The largest absolute Gasteiger partial charge is 0.467 e. The van der Waals surface area contributed by atoms with Crippen molar-refractivity contribution >= 4 is 11.9 Å². The molecule has 0 aliphatic rings. The first-order valence-electron chi connectivity index (χ1n) is 6.18. The van der Waals surface area contributed by atoms with Crippen molar-refractivity contribution in [2.45, 2.75) is 44.8 Å². The Hall–Kier alpha value is -1.31. The fourth-order valence-electron chi connectivity index (χ4n) is 1.66. The Bertz CT molecular complexity index is 333. The van der Waals surface area contributed by atoms with Gasteiger partial charge in [-0.25, -0.2) is 4.79 Å². The topological polar surface area (TPSA) is 64.6 Å². The van der Waals surface area contributed by atoms with E-state index in [-0.39, 0.29) is 13.0 Å². The molecule has 0 aliphatic heterocycles. The first kappa shape index (κ1) is 18.7. The van der Waals surface area contributed by atoms with Crippen LogP contribution in [0.3, 0.4) is 0 Å². The summed E-state index contributed by atoms with van der Waals surface area (Å²) in [7, 11) is 1.20. The standard InChI is InChI=1S/C12H20F3NO4/c1-4-6-11(2,10(18)19-3)16-9(17)5-7-20-8-12(13,14)15/h4-8H2,1-3H3,(H,16,17). The van der Waals surface area contributed by atoms with E-state index < -0.39 is 30.2 Å². The van der Waals surface area contributed by atoms with Crippen LogP contribution in [0.15, 0.2) is 0 Å². The molecule has 0 saturated heterocycles. The normalized spacial score (nSPS) is 14.5. The van der Waals surface area contributed by atoms with Crippen LogP contribution in [0, 0.1) is 0 Å². The zero-order valence-electron chi connectivity index (χ0n) is 11.8. The van der Waals surface area contributed by atoms with Crippen LogP contribution in [-0.2, 0) is 19.1 Å². The van der Waals surface area contributed by atoms with Crippen molar-refractivity contribution in [3.63, 3.8) is 0 Å². The van der Waals surface area contributed by atoms with E-state index in [1.165, 1.54) is 14.0 Å². The molecular weight excluding hydrogens is 279 g/mol. The predicted molar refractivity (Wildman–Crippen MR) is 65.0 cm³/mol. The van der Waals surface area contributed by atoms with Crippen LogP contribution in [0.25, 0.3) is 0 Å². The first-order valence-corrected chi connectivity index (χ1v) is 6.18. The molecule has 118 valence electrons. The van der Waals surface area contributed by atoms with Crippen molar-refractivity contribution in [3.8, 4) is 0 Å². The van der Waals surface area contributed by atoms with Gasteiger partial charge in [-0.2, -0.15) is 13.2 Å². The Morgan fingerprint density at radius 2 is 1.85 bits per heavy atom. The van der Waals surface area contributed by atoms with E-state index in [9.17, 15) is 22.8 Å². The van der Waals surface area contributed by atoms with Gasteiger partial charge in [0.15, 0.2) is 0 Å². The first-order chi connectivity index (χ1) is 9.14. The van der Waals surface area contributed by atoms with Gasteiger partial charge in [0.1, 0.15) is 12.1 Å². The van der Waals surface area contributed by atoms with Crippen molar-refractivity contribution in [1.82, 2.24) is 5.32 Å². The fourth-order valence-corrected chi connectivity index (χ4v) is 1.66. The number of esters is 1. The molecule has 0 radical (unpaired) electrons. The van der Waals surface area contributed by atoms with Gasteiger partial charge in [-0.15, -0.1) is 0 Å². The third-order valence-electron chi connectivity index (χ3n) is 2.54. The summed E-state index contributed by atoms with van der Waals surface area (Å²) in [5.74, 6) is -1.16. The molecule has 0 aromatic carbocycles. The molecule has 8 heteroatoms. The number of halogens is 3. The third-order valence-corrected chi connectivity index (χ3v) is 2.54. The predicted octanol–water partition coefficient (Wildman–Crippen LogP) is 1.80. The van der Waals surface area contributed by atoms with E-state index in [4.69, 9.17) is 0 Å². The average Bonchev–Trinajstić information content (AvgIpc) is 2.32. The summed E-state index contributed by atoms with van der Waals surface area (Å²) in [6.45, 7) is 1.58. The molecule has 0 fully saturated rings. The second kappa shape index (κ2) is 8.08. The number of carbonyl (C=O) groups excluding carboxylic acids is 2. The summed E-state index contributed by atoms with van der Waals surface area (Å²) in [6, 6.07) is 0. The molecule has 0 rings (SSSR count). The maximum absolute atomic E-state index is 11.8. The minimum atomic E-state index is -4.42. The molecule has 1 amide bonds. The highest BCUT2D eigenvalue weighted by atomic mass is 19.4. The van der Waals surface area contributed by atoms with Crippen LogP contribution in [0.1, 0.15) is 33.1 Å². The number of hydrogen-bond donors (Lipinski definition) is 1. The molecule has 0 aromatic heterocycles.